The van der Waals surface area contributed by atoms with Gasteiger partial charge in [-0.25, -0.2) is 13.6 Å². The molecule has 0 atom stereocenters. The highest BCUT2D eigenvalue weighted by Crippen LogP contribution is 2.17. The topological polar surface area (TPSA) is 101 Å². The minimum atomic E-state index is -3.66. The van der Waals surface area contributed by atoms with Gasteiger partial charge in [0, 0.05) is 5.69 Å². The van der Waals surface area contributed by atoms with E-state index in [0.717, 1.165) is 11.3 Å². The fourth-order valence-corrected chi connectivity index (χ4v) is 2.95. The van der Waals surface area contributed by atoms with Gasteiger partial charge in [-0.1, -0.05) is 38.1 Å². The van der Waals surface area contributed by atoms with Crippen LogP contribution in [0.25, 0.3) is 0 Å². The number of nitrogens with two attached hydrogens (primary N) is 1. The van der Waals surface area contributed by atoms with Crippen LogP contribution in [0.2, 0.25) is 0 Å². The molecule has 0 aromatic heterocycles. The molecule has 0 aliphatic carbocycles. The summed E-state index contributed by atoms with van der Waals surface area (Å²) >= 11 is 0. The average molecular weight is 375 g/mol. The molecule has 0 heterocycles. The summed E-state index contributed by atoms with van der Waals surface area (Å²) in [6.45, 7) is 5.07. The molecule has 0 saturated carbocycles. The molecule has 2 aromatic rings. The molecule has 26 heavy (non-hydrogen) atoms. The lowest BCUT2D eigenvalue weighted by Crippen LogP contribution is -2.29. The van der Waals surface area contributed by atoms with Crippen molar-refractivity contribution < 1.29 is 13.2 Å². The van der Waals surface area contributed by atoms with Crippen LogP contribution in [-0.2, 0) is 21.2 Å². The Bertz CT molecular complexity index is 829. The zero-order valence-electron chi connectivity index (χ0n) is 15.0. The lowest BCUT2D eigenvalue weighted by Gasteiger charge is -2.09. The Morgan fingerprint density at radius 3 is 2.19 bits per heavy atom. The van der Waals surface area contributed by atoms with Crippen LogP contribution < -0.4 is 15.8 Å². The molecule has 6 nitrogen and oxygen atoms in total. The molecule has 1 amide bonds. The van der Waals surface area contributed by atoms with Crippen LogP contribution in [0.5, 0.6) is 0 Å². The minimum Gasteiger partial charge on any atom is -0.325 e. The van der Waals surface area contributed by atoms with Crippen molar-refractivity contribution >= 4 is 21.6 Å². The number of hydrogen-bond acceptors (Lipinski definition) is 4. The van der Waals surface area contributed by atoms with Crippen molar-refractivity contribution in [2.24, 2.45) is 5.14 Å². The van der Waals surface area contributed by atoms with Crippen LogP contribution >= 0.6 is 0 Å². The van der Waals surface area contributed by atoms with E-state index in [1.54, 1.807) is 12.1 Å². The molecule has 7 heteroatoms. The lowest BCUT2D eigenvalue weighted by molar-refractivity contribution is -0.115. The number of sulfonamides is 1. The van der Waals surface area contributed by atoms with Crippen molar-refractivity contribution in [2.45, 2.75) is 31.1 Å². The fourth-order valence-electron chi connectivity index (χ4n) is 2.44. The summed E-state index contributed by atoms with van der Waals surface area (Å²) in [4.78, 5) is 12.0. The highest BCUT2D eigenvalue weighted by Gasteiger charge is 2.07. The Labute approximate surface area is 154 Å². The first-order valence-corrected chi connectivity index (χ1v) is 10.0. The van der Waals surface area contributed by atoms with Gasteiger partial charge >= 0.3 is 0 Å². The van der Waals surface area contributed by atoms with Crippen LogP contribution in [0.3, 0.4) is 0 Å². The van der Waals surface area contributed by atoms with Crippen molar-refractivity contribution in [3.8, 4) is 0 Å². The molecule has 0 spiro atoms. The van der Waals surface area contributed by atoms with Gasteiger partial charge in [0.25, 0.3) is 0 Å². The molecular formula is C19H25N3O3S. The number of rotatable bonds is 8. The van der Waals surface area contributed by atoms with Crippen LogP contribution in [0.4, 0.5) is 5.69 Å². The Hall–Kier alpha value is -2.22. The maximum absolute atomic E-state index is 11.9. The molecule has 0 radical (unpaired) electrons. The van der Waals surface area contributed by atoms with Gasteiger partial charge in [0.1, 0.15) is 0 Å². The van der Waals surface area contributed by atoms with E-state index in [-0.39, 0.29) is 17.3 Å². The Kier molecular flexibility index (Phi) is 6.90. The number of carbonyl (C=O) groups is 1. The maximum Gasteiger partial charge on any atom is 0.238 e. The third-order valence-electron chi connectivity index (χ3n) is 3.99. The largest absolute Gasteiger partial charge is 0.325 e. The summed E-state index contributed by atoms with van der Waals surface area (Å²) in [7, 11) is -3.66. The molecular weight excluding hydrogens is 350 g/mol. The molecule has 0 saturated heterocycles. The van der Waals surface area contributed by atoms with Crippen LogP contribution in [0.15, 0.2) is 53.4 Å². The second kappa shape index (κ2) is 8.93. The standard InChI is InChI=1S/C19H25N3O3S/c1-14(2)16-5-7-17(8-6-16)22-19(23)13-21-12-11-15-3-9-18(10-4-15)26(20,24)25/h3-10,14,21H,11-13H2,1-2H3,(H,22,23)(H2,20,24,25). The molecule has 2 rings (SSSR count). The molecule has 0 bridgehead atoms. The zero-order chi connectivity index (χ0) is 19.2. The summed E-state index contributed by atoms with van der Waals surface area (Å²) in [5.41, 5.74) is 2.98. The molecule has 4 N–H and O–H groups in total. The van der Waals surface area contributed by atoms with Gasteiger partial charge in [-0.2, -0.15) is 0 Å². The monoisotopic (exact) mass is 375 g/mol. The van der Waals surface area contributed by atoms with Gasteiger partial charge in [-0.3, -0.25) is 4.79 Å². The average Bonchev–Trinajstić information content (AvgIpc) is 2.59. The number of benzene rings is 2. The SMILES string of the molecule is CC(C)c1ccc(NC(=O)CNCCc2ccc(S(N)(=O)=O)cc2)cc1. The number of primary sulfonamides is 1. The smallest absolute Gasteiger partial charge is 0.238 e. The van der Waals surface area contributed by atoms with Gasteiger partial charge in [0.2, 0.25) is 15.9 Å². The van der Waals surface area contributed by atoms with Gasteiger partial charge in [0.15, 0.2) is 0 Å². The third-order valence-corrected chi connectivity index (χ3v) is 4.92. The van der Waals surface area contributed by atoms with Crippen molar-refractivity contribution in [3.05, 3.63) is 59.7 Å². The van der Waals surface area contributed by atoms with Crippen molar-refractivity contribution in [3.63, 3.8) is 0 Å². The summed E-state index contributed by atoms with van der Waals surface area (Å²) < 4.78 is 22.4. The van der Waals surface area contributed by atoms with E-state index in [1.165, 1.54) is 17.7 Å². The van der Waals surface area contributed by atoms with E-state index in [0.29, 0.717) is 18.9 Å². The van der Waals surface area contributed by atoms with Crippen LogP contribution in [-0.4, -0.2) is 27.4 Å². The van der Waals surface area contributed by atoms with E-state index in [9.17, 15) is 13.2 Å². The summed E-state index contributed by atoms with van der Waals surface area (Å²) in [6.07, 6.45) is 0.682. The normalized spacial score (nSPS) is 11.5. The molecule has 0 aliphatic rings. The number of hydrogen-bond donors (Lipinski definition) is 3. The van der Waals surface area contributed by atoms with Crippen molar-refractivity contribution in [1.29, 1.82) is 0 Å². The minimum absolute atomic E-state index is 0.0945. The van der Waals surface area contributed by atoms with E-state index in [2.05, 4.69) is 24.5 Å². The number of anilines is 1. The summed E-state index contributed by atoms with van der Waals surface area (Å²) in [5, 5.41) is 11.0. The molecule has 0 aliphatic heterocycles. The Morgan fingerprint density at radius 1 is 1.04 bits per heavy atom. The van der Waals surface area contributed by atoms with E-state index >= 15 is 0 Å². The predicted octanol–water partition coefficient (Wildman–Crippen LogP) is 2.23. The molecule has 0 unspecified atom stereocenters. The summed E-state index contributed by atoms with van der Waals surface area (Å²) in [5.74, 6) is 0.354. The highest BCUT2D eigenvalue weighted by molar-refractivity contribution is 7.89. The van der Waals surface area contributed by atoms with E-state index in [4.69, 9.17) is 5.14 Å². The van der Waals surface area contributed by atoms with Gasteiger partial charge in [-0.05, 0) is 54.3 Å². The first-order valence-electron chi connectivity index (χ1n) is 8.48. The highest BCUT2D eigenvalue weighted by atomic mass is 32.2. The Morgan fingerprint density at radius 2 is 1.65 bits per heavy atom. The van der Waals surface area contributed by atoms with Crippen LogP contribution in [0, 0.1) is 0 Å². The van der Waals surface area contributed by atoms with E-state index < -0.39 is 10.0 Å². The Balaban J connectivity index is 1.73. The van der Waals surface area contributed by atoms with Crippen LogP contribution in [0.1, 0.15) is 30.9 Å². The third kappa shape index (κ3) is 6.25. The second-order valence-electron chi connectivity index (χ2n) is 6.44. The van der Waals surface area contributed by atoms with Crippen molar-refractivity contribution in [1.82, 2.24) is 5.32 Å². The first-order chi connectivity index (χ1) is 12.3. The van der Waals surface area contributed by atoms with Gasteiger partial charge in [0.05, 0.1) is 11.4 Å². The number of amides is 1. The number of carbonyl (C=O) groups excluding carboxylic acids is 1. The van der Waals surface area contributed by atoms with Crippen molar-refractivity contribution in [2.75, 3.05) is 18.4 Å². The lowest BCUT2D eigenvalue weighted by atomic mass is 10.0. The van der Waals surface area contributed by atoms with E-state index in [1.807, 2.05) is 24.3 Å². The summed E-state index contributed by atoms with van der Waals surface area (Å²) in [6, 6.07) is 14.2. The predicted molar refractivity (Wildman–Crippen MR) is 104 cm³/mol. The maximum atomic E-state index is 11.9. The first kappa shape index (κ1) is 20.1. The number of nitrogens with one attached hydrogen (secondary N) is 2. The van der Waals surface area contributed by atoms with Gasteiger partial charge < -0.3 is 10.6 Å². The fraction of sp³-hybridized carbons (Fsp3) is 0.316. The quantitative estimate of drug-likeness (QED) is 0.616. The van der Waals surface area contributed by atoms with Gasteiger partial charge in [-0.15, -0.1) is 0 Å². The second-order valence-corrected chi connectivity index (χ2v) is 8.00. The zero-order valence-corrected chi connectivity index (χ0v) is 15.8. The molecule has 140 valence electrons. The molecule has 2 aromatic carbocycles. The molecule has 0 fully saturated rings.